The maximum absolute atomic E-state index is 11.8. The second-order valence-corrected chi connectivity index (χ2v) is 36.3. The number of hydrogen-bond acceptors (Lipinski definition) is 31. The van der Waals surface area contributed by atoms with E-state index in [0.717, 1.165) is 30.7 Å². The van der Waals surface area contributed by atoms with Crippen LogP contribution in [0.5, 0.6) is 0 Å². The fraction of sp³-hybridized carbons (Fsp3) is 0.855. The molecule has 6 amide bonds. The van der Waals surface area contributed by atoms with Gasteiger partial charge in [0, 0.05) is 231 Å². The van der Waals surface area contributed by atoms with Gasteiger partial charge in [0.2, 0.25) is 17.7 Å². The second kappa shape index (κ2) is 57.2. The number of carbonyl (C=O) groups excluding carboxylic acids is 6. The van der Waals surface area contributed by atoms with Gasteiger partial charge >= 0.3 is 0 Å². The zero-order chi connectivity index (χ0) is 90.1. The first-order chi connectivity index (χ1) is 56.1. The Balaban J connectivity index is -0.00000148. The van der Waals surface area contributed by atoms with Gasteiger partial charge in [-0.25, -0.2) is 39.6 Å². The van der Waals surface area contributed by atoms with Gasteiger partial charge in [-0.3, -0.25) is 30.0 Å². The van der Waals surface area contributed by atoms with Crippen LogP contribution in [0.4, 0.5) is 0 Å². The number of carbonyl (C=O) groups is 6. The van der Waals surface area contributed by atoms with Gasteiger partial charge in [-0.05, 0) is 183 Å². The molecule has 3 radical (unpaired) electrons. The minimum absolute atomic E-state index is 0. The third-order valence-corrected chi connectivity index (χ3v) is 29.8. The molecule has 0 aromatic heterocycles. The molecule has 6 saturated heterocycles. The Morgan fingerprint density at radius 3 is 1.16 bits per heavy atom. The number of β-lactam (4-membered cyclic amide) rings is 6. The molecule has 129 heavy (non-hydrogen) atoms. The summed E-state index contributed by atoms with van der Waals surface area (Å²) in [5, 5.41) is 130. The van der Waals surface area contributed by atoms with E-state index < -0.39 is 87.0 Å². The van der Waals surface area contributed by atoms with Gasteiger partial charge in [-0.1, -0.05) is 206 Å². The molecule has 735 valence electrons. The number of aliphatic hydroxyl groups is 5. The Morgan fingerprint density at radius 1 is 0.403 bits per heavy atom. The molecular weight excluding hydrogens is 2950 g/mol. The van der Waals surface area contributed by atoms with Gasteiger partial charge in [0.25, 0.3) is 0 Å². The van der Waals surface area contributed by atoms with E-state index in [4.69, 9.17) is 69.0 Å². The van der Waals surface area contributed by atoms with Crippen LogP contribution in [0.2, 0.25) is 0 Å². The van der Waals surface area contributed by atoms with E-state index in [9.17, 15) is 69.9 Å². The van der Waals surface area contributed by atoms with Crippen molar-refractivity contribution in [2.75, 3.05) is 33.0 Å². The van der Waals surface area contributed by atoms with E-state index >= 15 is 0 Å². The van der Waals surface area contributed by atoms with E-state index in [1.807, 2.05) is 101 Å². The third-order valence-electron chi connectivity index (χ3n) is 29.8. The van der Waals surface area contributed by atoms with Crippen molar-refractivity contribution in [3.05, 3.63) is 52.4 Å². The smallest absolute Gasteiger partial charge is 0.249 e. The summed E-state index contributed by atoms with van der Waals surface area (Å²) in [5.74, 6) is -0.788. The van der Waals surface area contributed by atoms with E-state index in [1.165, 1.54) is 5.57 Å². The van der Waals surface area contributed by atoms with Crippen LogP contribution in [0.25, 0.3) is 16.0 Å². The Morgan fingerprint density at radius 2 is 0.760 bits per heavy atom. The van der Waals surface area contributed by atoms with Gasteiger partial charge < -0.3 is 55.9 Å². The average Bonchev–Trinajstić information content (AvgIpc) is 0.705. The maximum Gasteiger partial charge on any atom is 0.249 e. The molecule has 0 aromatic rings. The summed E-state index contributed by atoms with van der Waals surface area (Å²) >= 11 is 0. The van der Waals surface area contributed by atoms with Crippen molar-refractivity contribution < 1.29 is 379 Å². The Kier molecular flexibility index (Phi) is 60.2. The fourth-order valence-corrected chi connectivity index (χ4v) is 19.2. The molecule has 37 nitrogen and oxygen atoms in total. The standard InChI is InChI=1S/C17H31NO10.C17H31NO9.C14H25NO7.C12H19NO2.C12H19NO.C11H17NO2.6W.3Y/c1-6-8-22-26-25-16(5)11(3)12(4)17(10-13(19)18(17)21)14(20)15(16)24-28-27-23-9-7-2;1-6-8-21-25-24-16(5)10-14(23-27-26-22-9-7-2)17(13(4)12(16)3)11-15(19)18(17)20;1-5-6-20-22-21-13(4)8(2)9(3)14(12(18)11(13)17)7-10(16)15(14)19;1-4-12(15)6-5-11(7-10(14)13-11)8(2)9(12)3;1-7-5-8(2)12(6-11(14)13-12)10(4)9(7)3;1-7-8(2)11(6-9(13)12-11)5-4-10(7,3)14;;;;;;;;;/h11-12,14-15,20-21H,6-10H2,1-5H3;12-14,20H,6-11H2,1-5H3;8-9,11-12,17-19H,5-7H2,1-4H3;5-6,8-9,15H,4,7H2,1-3H3,(H,13,14);8-10H,1,5-6H2,2-4H3,(H,13,14);4-5,7-8,14H,6H2,1-3H3,(H,12,13);;;;;;;;;/p-3/t11-,12+,14+,15-,16-,17?;12-,13+,14+,16+,17?;8-,9+,11+,12-,13-,14?;8-,9+,11?,12+;8?,9-,10-,12?;7-,8+,10+,11?;;;;;;;;;/m000110........./s1. The number of amides is 6. The summed E-state index contributed by atoms with van der Waals surface area (Å²) in [7, 11) is 0. The molecule has 29 atom stereocenters. The summed E-state index contributed by atoms with van der Waals surface area (Å²) < 4.78 is 0. The molecule has 0 aromatic carbocycles. The molecule has 6 spiro atoms. The van der Waals surface area contributed by atoms with Gasteiger partial charge in [0.15, 0.2) is 6.10 Å². The van der Waals surface area contributed by atoms with Crippen molar-refractivity contribution in [3.8, 4) is 0 Å². The molecule has 6 heterocycles. The van der Waals surface area contributed by atoms with E-state index in [-0.39, 0.29) is 356 Å². The number of rotatable bonds is 28. The minimum atomic E-state index is -1.38. The van der Waals surface area contributed by atoms with E-state index in [0.29, 0.717) is 92.8 Å². The predicted molar refractivity (Wildman–Crippen MR) is 422 cm³/mol. The molecule has 10 fully saturated rings. The molecule has 12 aliphatic rings. The van der Waals surface area contributed by atoms with Gasteiger partial charge in [0.1, 0.15) is 57.8 Å². The Labute approximate surface area is 921 Å². The van der Waals surface area contributed by atoms with Crippen molar-refractivity contribution in [3.63, 3.8) is 0 Å². The molecule has 6 aliphatic heterocycles. The summed E-state index contributed by atoms with van der Waals surface area (Å²) in [6.45, 7) is 50.1. The molecule has 4 saturated carbocycles. The fourth-order valence-electron chi connectivity index (χ4n) is 19.2. The quantitative estimate of drug-likeness (QED) is 0.00900. The van der Waals surface area contributed by atoms with Crippen LogP contribution >= 0.6 is 0 Å². The van der Waals surface area contributed by atoms with Gasteiger partial charge in [0.05, 0.1) is 81.2 Å². The van der Waals surface area contributed by atoms with Crippen LogP contribution in [0.15, 0.2) is 36.5 Å². The van der Waals surface area contributed by atoms with Crippen LogP contribution in [-0.4, -0.2) is 217 Å². The van der Waals surface area contributed by atoms with Crippen molar-refractivity contribution in [2.24, 2.45) is 76.9 Å². The van der Waals surface area contributed by atoms with Crippen LogP contribution in [-0.2, 0) is 337 Å². The zero-order valence-corrected chi connectivity index (χ0v) is 105. The number of aliphatic hydroxyl groups excluding tert-OH is 3. The van der Waals surface area contributed by atoms with Crippen LogP contribution < -0.4 is 0 Å². The summed E-state index contributed by atoms with van der Waals surface area (Å²) in [6, 6.07) is 0. The summed E-state index contributed by atoms with van der Waals surface area (Å²) in [6.07, 6.45) is 8.82. The second-order valence-electron chi connectivity index (χ2n) is 36.3. The molecule has 0 bridgehead atoms. The summed E-state index contributed by atoms with van der Waals surface area (Å²) in [5.41, 5.74) is -7.53. The van der Waals surface area contributed by atoms with Crippen LogP contribution in [0.1, 0.15) is 249 Å². The average molecular weight is 3090 g/mol. The first-order valence-corrected chi connectivity index (χ1v) is 42.7. The number of hydroxylamine groups is 6. The molecule has 7 unspecified atom stereocenters. The van der Waals surface area contributed by atoms with Crippen molar-refractivity contribution in [1.29, 1.82) is 0 Å². The number of hydrogen-bond donors (Lipinski definition) is 8. The van der Waals surface area contributed by atoms with E-state index in [1.54, 1.807) is 47.6 Å². The van der Waals surface area contributed by atoms with Gasteiger partial charge in [-0.2, -0.15) is 24.4 Å². The molecule has 46 heteroatoms. The largest absolute Gasteiger partial charge is 0.647 e. The van der Waals surface area contributed by atoms with Gasteiger partial charge in [-0.15, -0.1) is 0 Å². The summed E-state index contributed by atoms with van der Waals surface area (Å²) in [4.78, 5) is 119. The van der Waals surface area contributed by atoms with Crippen LogP contribution in [0.3, 0.4) is 0 Å². The number of nitrogens with zero attached hydrogens (tertiary/aromatic N) is 6. The molecule has 6 aliphatic carbocycles. The minimum Gasteiger partial charge on any atom is -0.647 e. The predicted octanol–water partition coefficient (Wildman–Crippen LogP) is 11.2. The van der Waals surface area contributed by atoms with E-state index in [2.05, 4.69) is 72.3 Å². The van der Waals surface area contributed by atoms with Crippen LogP contribution in [0, 0.1) is 76.9 Å². The van der Waals surface area contributed by atoms with Crippen molar-refractivity contribution >= 4 is 35.4 Å². The topological polar surface area (TPSA) is 473 Å². The first-order valence-electron chi connectivity index (χ1n) is 42.7. The zero-order valence-electron chi connectivity index (χ0n) is 78.7. The van der Waals surface area contributed by atoms with Crippen molar-refractivity contribution in [1.82, 2.24) is 15.2 Å². The SMILES string of the molecule is C=C1CC(C)C2(CC(=O)[N-]2)[C@H](C)[C@@H]1C.CCCOOOO[C@@H]1C[C@@](C)(OOOCCC)[C@@H](C)[C@@H](C)C12CC(=O)N2O.CCCOOOO[C@H]1[C@@H](O)C2(CC(=O)N2O)[C@H](C)[C@H](C)[C@]1(C)OOOCCC.CCCOOO[C@]1(C)[C@H](O)[C@H](O)C2(CC(=O)N2O)[C@H](C)[C@@H]1C.CC[C@]1(O)C=CC2(CC(=O)[N-]2)[C@H](C)[C@@H]1C.C[C@@H]1[C@H](C)[C@](C)(O)C=CC12CC(=O)[N-]2.[W].[W].[W].[W].[W].[W].[Y].[Y].[Y]. The molecule has 8 N–H and O–H groups in total. The number of allylic oxidation sites excluding steroid dienone is 1. The molecule has 12 rings (SSSR count). The Hall–Kier alpha value is 2.48. The molecular formula is C83H139N6O31W6Y3-3. The first kappa shape index (κ1) is 136. The monoisotopic (exact) mass is 3090 g/mol. The van der Waals surface area contributed by atoms with Crippen molar-refractivity contribution in [2.45, 2.75) is 341 Å². The Bertz CT molecular complexity index is 3520. The third kappa shape index (κ3) is 28.2. The maximum atomic E-state index is 11.8. The normalized spacial score (nSPS) is 40.0.